The number of methoxy groups -OCH3 is 2. The zero-order valence-corrected chi connectivity index (χ0v) is 23.3. The van der Waals surface area contributed by atoms with E-state index in [0.29, 0.717) is 17.5 Å². The number of piperazine rings is 1. The summed E-state index contributed by atoms with van der Waals surface area (Å²) in [5.74, 6) is 2.96. The van der Waals surface area contributed by atoms with Crippen LogP contribution in [0, 0.1) is 0 Å². The Bertz CT molecular complexity index is 1400. The molecule has 0 radical (unpaired) electrons. The van der Waals surface area contributed by atoms with Gasteiger partial charge >= 0.3 is 0 Å². The number of piperidine rings is 1. The van der Waals surface area contributed by atoms with Crippen molar-refractivity contribution < 1.29 is 9.47 Å². The lowest BCUT2D eigenvalue weighted by Gasteiger charge is -2.36. The zero-order valence-electron chi connectivity index (χ0n) is 23.3. The molecule has 2 saturated heterocycles. The van der Waals surface area contributed by atoms with E-state index in [0.717, 1.165) is 81.3 Å². The van der Waals surface area contributed by atoms with Crippen LogP contribution < -0.4 is 24.6 Å². The number of fused-ring (bicyclic) bond motifs is 1. The fraction of sp³-hybridized carbons (Fsp3) is 0.387. The fourth-order valence-electron chi connectivity index (χ4n) is 5.68. The van der Waals surface area contributed by atoms with Crippen LogP contribution in [0.15, 0.2) is 67.0 Å². The second kappa shape index (κ2) is 12.0. The normalized spacial score (nSPS) is 16.8. The highest BCUT2D eigenvalue weighted by Gasteiger charge is 2.24. The summed E-state index contributed by atoms with van der Waals surface area (Å²) in [5, 5.41) is 4.74. The van der Waals surface area contributed by atoms with Crippen LogP contribution in [-0.2, 0) is 6.54 Å². The number of likely N-dealkylation sites (tertiary alicyclic amines) is 1. The van der Waals surface area contributed by atoms with E-state index in [1.54, 1.807) is 14.2 Å². The highest BCUT2D eigenvalue weighted by Crippen LogP contribution is 2.36. The second-order valence-electron chi connectivity index (χ2n) is 10.5. The average Bonchev–Trinajstić information content (AvgIpc) is 3.02. The third-order valence-corrected chi connectivity index (χ3v) is 7.96. The van der Waals surface area contributed by atoms with Crippen LogP contribution in [-0.4, -0.2) is 79.4 Å². The molecule has 2 aromatic carbocycles. The molecule has 2 aliphatic rings. The third kappa shape index (κ3) is 5.74. The number of rotatable bonds is 8. The van der Waals surface area contributed by atoms with Crippen molar-refractivity contribution in [3.8, 4) is 11.5 Å². The summed E-state index contributed by atoms with van der Waals surface area (Å²) in [4.78, 5) is 21.4. The molecule has 9 heteroatoms. The van der Waals surface area contributed by atoms with Crippen LogP contribution in [0.5, 0.6) is 11.5 Å². The van der Waals surface area contributed by atoms with Gasteiger partial charge in [-0.05, 0) is 36.6 Å². The van der Waals surface area contributed by atoms with Crippen LogP contribution in [0.1, 0.15) is 18.4 Å². The monoisotopic (exact) mass is 539 g/mol. The predicted molar refractivity (Wildman–Crippen MR) is 160 cm³/mol. The number of nitrogens with zero attached hydrogens (tertiary/aromatic N) is 6. The van der Waals surface area contributed by atoms with Gasteiger partial charge in [-0.15, -0.1) is 0 Å². The maximum atomic E-state index is 5.62. The lowest BCUT2D eigenvalue weighted by Crippen LogP contribution is -2.47. The standard InChI is InChI=1S/C31H37N7O2/c1-39-28-20-26-27(21-29(28)40-2)34-31(38-18-16-37(17-19-38)25-8-12-32-13-9-25)35-30(26)33-24-10-14-36(15-11-24)22-23-6-4-3-5-7-23/h3-9,12-13,20-21,24H,10-11,14-19,22H2,1-2H3,(H,33,34,35). The van der Waals surface area contributed by atoms with E-state index >= 15 is 0 Å². The van der Waals surface area contributed by atoms with E-state index < -0.39 is 0 Å². The number of aromatic nitrogens is 3. The van der Waals surface area contributed by atoms with Crippen molar-refractivity contribution in [1.29, 1.82) is 0 Å². The topological polar surface area (TPSA) is 78.9 Å². The molecular weight excluding hydrogens is 502 g/mol. The number of anilines is 3. The summed E-state index contributed by atoms with van der Waals surface area (Å²) in [7, 11) is 3.32. The van der Waals surface area contributed by atoms with Gasteiger partial charge < -0.3 is 24.6 Å². The van der Waals surface area contributed by atoms with Gasteiger partial charge in [0.2, 0.25) is 5.95 Å². The van der Waals surface area contributed by atoms with Crippen LogP contribution in [0.2, 0.25) is 0 Å². The van der Waals surface area contributed by atoms with Gasteiger partial charge in [-0.25, -0.2) is 4.98 Å². The molecule has 2 aromatic heterocycles. The van der Waals surface area contributed by atoms with Crippen LogP contribution in [0.3, 0.4) is 0 Å². The first kappa shape index (κ1) is 26.1. The number of hydrogen-bond acceptors (Lipinski definition) is 9. The summed E-state index contributed by atoms with van der Waals surface area (Å²) in [5.41, 5.74) is 3.42. The number of benzene rings is 2. The maximum absolute atomic E-state index is 5.62. The molecule has 6 rings (SSSR count). The molecular formula is C31H37N7O2. The summed E-state index contributed by atoms with van der Waals surface area (Å²) in [6.07, 6.45) is 5.82. The molecule has 2 fully saturated rings. The summed E-state index contributed by atoms with van der Waals surface area (Å²) in [6, 6.07) is 19.1. The van der Waals surface area contributed by atoms with Crippen molar-refractivity contribution in [3.05, 3.63) is 72.6 Å². The number of hydrogen-bond donors (Lipinski definition) is 1. The van der Waals surface area contributed by atoms with E-state index in [4.69, 9.17) is 19.4 Å². The Hall–Kier alpha value is -4.11. The third-order valence-electron chi connectivity index (χ3n) is 7.96. The lowest BCUT2D eigenvalue weighted by atomic mass is 10.0. The second-order valence-corrected chi connectivity index (χ2v) is 10.5. The summed E-state index contributed by atoms with van der Waals surface area (Å²) in [6.45, 7) is 6.60. The molecule has 0 unspecified atom stereocenters. The van der Waals surface area contributed by atoms with Gasteiger partial charge in [-0.3, -0.25) is 9.88 Å². The van der Waals surface area contributed by atoms with E-state index in [1.807, 2.05) is 24.5 Å². The SMILES string of the molecule is COc1cc2nc(N3CCN(c4ccncc4)CC3)nc(NC3CCN(Cc4ccccc4)CC3)c2cc1OC. The van der Waals surface area contributed by atoms with E-state index in [9.17, 15) is 0 Å². The molecule has 0 bridgehead atoms. The van der Waals surface area contributed by atoms with Crippen molar-refractivity contribution in [2.45, 2.75) is 25.4 Å². The van der Waals surface area contributed by atoms with Gasteiger partial charge in [0.1, 0.15) is 5.82 Å². The minimum absolute atomic E-state index is 0.342. The molecule has 208 valence electrons. The minimum atomic E-state index is 0.342. The highest BCUT2D eigenvalue weighted by atomic mass is 16.5. The molecule has 0 aliphatic carbocycles. The first-order chi connectivity index (χ1) is 19.7. The number of pyridine rings is 1. The summed E-state index contributed by atoms with van der Waals surface area (Å²) >= 11 is 0. The highest BCUT2D eigenvalue weighted by molar-refractivity contribution is 5.93. The Kier molecular flexibility index (Phi) is 7.81. The fourth-order valence-corrected chi connectivity index (χ4v) is 5.68. The molecule has 0 atom stereocenters. The Balaban J connectivity index is 1.21. The number of nitrogens with one attached hydrogen (secondary N) is 1. The van der Waals surface area contributed by atoms with Crippen molar-refractivity contribution in [2.24, 2.45) is 0 Å². The Morgan fingerprint density at radius 2 is 1.48 bits per heavy atom. The molecule has 0 saturated carbocycles. The minimum Gasteiger partial charge on any atom is -0.493 e. The van der Waals surface area contributed by atoms with Gasteiger partial charge in [0.25, 0.3) is 0 Å². The Labute approximate surface area is 235 Å². The van der Waals surface area contributed by atoms with Crippen molar-refractivity contribution in [1.82, 2.24) is 19.9 Å². The average molecular weight is 540 g/mol. The largest absolute Gasteiger partial charge is 0.493 e. The molecule has 2 aliphatic heterocycles. The van der Waals surface area contributed by atoms with E-state index in [1.165, 1.54) is 11.3 Å². The maximum Gasteiger partial charge on any atom is 0.228 e. The van der Waals surface area contributed by atoms with E-state index in [2.05, 4.69) is 67.5 Å². The van der Waals surface area contributed by atoms with Crippen LogP contribution in [0.25, 0.3) is 10.9 Å². The van der Waals surface area contributed by atoms with Gasteiger partial charge in [0, 0.05) is 81.4 Å². The number of ether oxygens (including phenoxy) is 2. The molecule has 1 N–H and O–H groups in total. The Morgan fingerprint density at radius 1 is 0.800 bits per heavy atom. The lowest BCUT2D eigenvalue weighted by molar-refractivity contribution is 0.211. The van der Waals surface area contributed by atoms with Crippen molar-refractivity contribution in [3.63, 3.8) is 0 Å². The van der Waals surface area contributed by atoms with Gasteiger partial charge in [-0.2, -0.15) is 4.98 Å². The quantitative estimate of drug-likeness (QED) is 0.349. The van der Waals surface area contributed by atoms with Crippen molar-refractivity contribution >= 4 is 28.4 Å². The van der Waals surface area contributed by atoms with Crippen LogP contribution >= 0.6 is 0 Å². The Morgan fingerprint density at radius 3 is 2.17 bits per heavy atom. The molecule has 0 amide bonds. The van der Waals surface area contributed by atoms with Gasteiger partial charge in [0.05, 0.1) is 19.7 Å². The van der Waals surface area contributed by atoms with Gasteiger partial charge in [-0.1, -0.05) is 30.3 Å². The molecule has 4 heterocycles. The predicted octanol–water partition coefficient (Wildman–Crippen LogP) is 4.45. The molecule has 0 spiro atoms. The first-order valence-electron chi connectivity index (χ1n) is 14.1. The zero-order chi connectivity index (χ0) is 27.3. The smallest absolute Gasteiger partial charge is 0.228 e. The molecule has 9 nitrogen and oxygen atoms in total. The summed E-state index contributed by atoms with van der Waals surface area (Å²) < 4.78 is 11.2. The van der Waals surface area contributed by atoms with Gasteiger partial charge in [0.15, 0.2) is 11.5 Å². The van der Waals surface area contributed by atoms with Crippen molar-refractivity contribution in [2.75, 3.05) is 68.6 Å². The first-order valence-corrected chi connectivity index (χ1v) is 14.1. The molecule has 40 heavy (non-hydrogen) atoms. The molecule has 4 aromatic rings. The van der Waals surface area contributed by atoms with Crippen LogP contribution in [0.4, 0.5) is 17.5 Å². The van der Waals surface area contributed by atoms with E-state index in [-0.39, 0.29) is 0 Å².